The number of hydrogen-bond donors (Lipinski definition) is 4. The number of rotatable bonds is 7. The zero-order valence-corrected chi connectivity index (χ0v) is 18.5. The number of ether oxygens (including phenoxy) is 1. The number of aromatic nitrogens is 4. The number of carbonyl (C=O) groups excluding carboxylic acids is 3. The third kappa shape index (κ3) is 5.59. The lowest BCUT2D eigenvalue weighted by Crippen LogP contribution is -2.24. The SMILES string of the molecule is CNC(=O)c1cc(NC(C)=O)ccc1NC(=O)Oc1nc(C2CC2)cnc1Nc1cncnc1. The van der Waals surface area contributed by atoms with Crippen molar-refractivity contribution in [2.75, 3.05) is 23.0 Å². The second-order valence-electron chi connectivity index (χ2n) is 7.51. The van der Waals surface area contributed by atoms with Crippen molar-refractivity contribution in [3.05, 3.63) is 54.4 Å². The molecule has 2 aromatic heterocycles. The van der Waals surface area contributed by atoms with E-state index in [4.69, 9.17) is 4.74 Å². The molecule has 1 aliphatic carbocycles. The van der Waals surface area contributed by atoms with Gasteiger partial charge in [-0.15, -0.1) is 0 Å². The van der Waals surface area contributed by atoms with Crippen molar-refractivity contribution in [1.29, 1.82) is 0 Å². The number of amides is 3. The Morgan fingerprint density at radius 2 is 1.79 bits per heavy atom. The van der Waals surface area contributed by atoms with E-state index in [1.807, 2.05) is 0 Å². The number of benzene rings is 1. The van der Waals surface area contributed by atoms with Crippen LogP contribution in [0.15, 0.2) is 43.1 Å². The fourth-order valence-electron chi connectivity index (χ4n) is 3.10. The molecule has 34 heavy (non-hydrogen) atoms. The predicted molar refractivity (Wildman–Crippen MR) is 123 cm³/mol. The van der Waals surface area contributed by atoms with Gasteiger partial charge in [-0.1, -0.05) is 0 Å². The minimum Gasteiger partial charge on any atom is -0.387 e. The zero-order chi connectivity index (χ0) is 24.1. The van der Waals surface area contributed by atoms with Gasteiger partial charge in [0.25, 0.3) is 11.8 Å². The van der Waals surface area contributed by atoms with E-state index in [-0.39, 0.29) is 34.8 Å². The molecule has 4 N–H and O–H groups in total. The average molecular weight is 462 g/mol. The molecule has 0 radical (unpaired) electrons. The van der Waals surface area contributed by atoms with E-state index in [0.29, 0.717) is 11.4 Å². The van der Waals surface area contributed by atoms with Crippen LogP contribution >= 0.6 is 0 Å². The van der Waals surface area contributed by atoms with Gasteiger partial charge in [0.2, 0.25) is 5.91 Å². The largest absolute Gasteiger partial charge is 0.418 e. The van der Waals surface area contributed by atoms with Gasteiger partial charge in [-0.05, 0) is 31.0 Å². The van der Waals surface area contributed by atoms with Crippen molar-refractivity contribution in [3.63, 3.8) is 0 Å². The maximum atomic E-state index is 12.8. The molecule has 3 aromatic rings. The van der Waals surface area contributed by atoms with Crippen LogP contribution in [0.5, 0.6) is 5.88 Å². The summed E-state index contributed by atoms with van der Waals surface area (Å²) in [6.45, 7) is 1.35. The summed E-state index contributed by atoms with van der Waals surface area (Å²) in [7, 11) is 1.46. The molecule has 1 fully saturated rings. The summed E-state index contributed by atoms with van der Waals surface area (Å²) >= 11 is 0. The first-order valence-corrected chi connectivity index (χ1v) is 10.4. The average Bonchev–Trinajstić information content (AvgIpc) is 3.66. The topological polar surface area (TPSA) is 160 Å². The molecule has 1 saturated carbocycles. The first-order chi connectivity index (χ1) is 16.4. The third-order valence-electron chi connectivity index (χ3n) is 4.82. The van der Waals surface area contributed by atoms with E-state index < -0.39 is 12.0 Å². The molecule has 0 spiro atoms. The van der Waals surface area contributed by atoms with E-state index in [2.05, 4.69) is 41.2 Å². The van der Waals surface area contributed by atoms with Crippen LogP contribution in [0.25, 0.3) is 0 Å². The Hall–Kier alpha value is -4.61. The highest BCUT2D eigenvalue weighted by Gasteiger charge is 2.27. The van der Waals surface area contributed by atoms with Gasteiger partial charge in [0, 0.05) is 25.6 Å². The Bertz CT molecular complexity index is 1230. The minimum atomic E-state index is -0.868. The summed E-state index contributed by atoms with van der Waals surface area (Å²) in [5, 5.41) is 10.6. The molecule has 12 nitrogen and oxygen atoms in total. The van der Waals surface area contributed by atoms with Gasteiger partial charge in [0.1, 0.15) is 6.33 Å². The van der Waals surface area contributed by atoms with E-state index in [1.54, 1.807) is 24.7 Å². The third-order valence-corrected chi connectivity index (χ3v) is 4.82. The number of carbonyl (C=O) groups is 3. The monoisotopic (exact) mass is 462 g/mol. The van der Waals surface area contributed by atoms with Crippen LogP contribution in [0.4, 0.5) is 27.7 Å². The van der Waals surface area contributed by atoms with Crippen LogP contribution in [-0.2, 0) is 4.79 Å². The summed E-state index contributed by atoms with van der Waals surface area (Å²) in [6, 6.07) is 4.50. The van der Waals surface area contributed by atoms with Crippen molar-refractivity contribution in [2.24, 2.45) is 0 Å². The highest BCUT2D eigenvalue weighted by atomic mass is 16.6. The lowest BCUT2D eigenvalue weighted by Gasteiger charge is -2.14. The van der Waals surface area contributed by atoms with Crippen LogP contribution < -0.4 is 26.0 Å². The van der Waals surface area contributed by atoms with Gasteiger partial charge < -0.3 is 20.7 Å². The Balaban J connectivity index is 1.57. The molecule has 4 rings (SSSR count). The highest BCUT2D eigenvalue weighted by Crippen LogP contribution is 2.40. The fourth-order valence-corrected chi connectivity index (χ4v) is 3.10. The number of hydrogen-bond acceptors (Lipinski definition) is 9. The first kappa shape index (κ1) is 22.6. The van der Waals surface area contributed by atoms with Crippen molar-refractivity contribution < 1.29 is 19.1 Å². The second-order valence-corrected chi connectivity index (χ2v) is 7.51. The molecule has 0 bridgehead atoms. The van der Waals surface area contributed by atoms with Crippen molar-refractivity contribution in [1.82, 2.24) is 25.3 Å². The molecule has 2 heterocycles. The molecule has 0 aliphatic heterocycles. The molecule has 0 unspecified atom stereocenters. The van der Waals surface area contributed by atoms with Gasteiger partial charge in [0.05, 0.1) is 41.2 Å². The highest BCUT2D eigenvalue weighted by molar-refractivity contribution is 6.04. The van der Waals surface area contributed by atoms with Gasteiger partial charge in [-0.3, -0.25) is 14.9 Å². The Morgan fingerprint density at radius 3 is 2.47 bits per heavy atom. The minimum absolute atomic E-state index is 0.0258. The van der Waals surface area contributed by atoms with Crippen molar-refractivity contribution in [2.45, 2.75) is 25.7 Å². The Kier molecular flexibility index (Phi) is 6.57. The molecule has 1 aromatic carbocycles. The van der Waals surface area contributed by atoms with E-state index in [1.165, 1.54) is 32.4 Å². The molecule has 174 valence electrons. The molecule has 1 aliphatic rings. The molecule has 3 amide bonds. The standard InChI is InChI=1S/C22H22N8O4/c1-12(31)27-14-5-6-17(16(7-14)20(32)23-2)30-22(33)34-21-19(28-15-8-24-11-25-9-15)26-10-18(29-21)13-3-4-13/h5-11,13H,3-4H2,1-2H3,(H,23,32)(H,26,28)(H,27,31)(H,30,33). The quantitative estimate of drug-likeness (QED) is 0.414. The zero-order valence-electron chi connectivity index (χ0n) is 18.5. The molecular weight excluding hydrogens is 440 g/mol. The Morgan fingerprint density at radius 1 is 1.03 bits per heavy atom. The van der Waals surface area contributed by atoms with Gasteiger partial charge in [-0.25, -0.2) is 24.7 Å². The summed E-state index contributed by atoms with van der Waals surface area (Å²) < 4.78 is 5.48. The van der Waals surface area contributed by atoms with E-state index in [0.717, 1.165) is 18.5 Å². The van der Waals surface area contributed by atoms with Crippen LogP contribution in [0.3, 0.4) is 0 Å². The normalized spacial score (nSPS) is 12.4. The lowest BCUT2D eigenvalue weighted by atomic mass is 10.1. The maximum absolute atomic E-state index is 12.8. The van der Waals surface area contributed by atoms with Gasteiger partial charge in [0.15, 0.2) is 5.82 Å². The van der Waals surface area contributed by atoms with Gasteiger partial charge in [-0.2, -0.15) is 0 Å². The Labute approximate surface area is 194 Å². The van der Waals surface area contributed by atoms with Crippen molar-refractivity contribution in [3.8, 4) is 5.88 Å². The first-order valence-electron chi connectivity index (χ1n) is 10.4. The number of nitrogens with zero attached hydrogens (tertiary/aromatic N) is 4. The summed E-state index contributed by atoms with van der Waals surface area (Å²) in [6.07, 6.45) is 7.23. The smallest absolute Gasteiger partial charge is 0.387 e. The van der Waals surface area contributed by atoms with E-state index >= 15 is 0 Å². The molecule has 12 heteroatoms. The molecule has 0 atom stereocenters. The molecular formula is C22H22N8O4. The predicted octanol–water partition coefficient (Wildman–Crippen LogP) is 2.82. The maximum Gasteiger partial charge on any atom is 0.418 e. The second kappa shape index (κ2) is 9.90. The van der Waals surface area contributed by atoms with Crippen LogP contribution in [-0.4, -0.2) is 44.9 Å². The van der Waals surface area contributed by atoms with Crippen LogP contribution in [0.2, 0.25) is 0 Å². The number of anilines is 4. The van der Waals surface area contributed by atoms with Crippen molar-refractivity contribution >= 4 is 40.8 Å². The molecule has 0 saturated heterocycles. The van der Waals surface area contributed by atoms with Crippen LogP contribution in [0.1, 0.15) is 41.7 Å². The van der Waals surface area contributed by atoms with E-state index in [9.17, 15) is 14.4 Å². The fraction of sp³-hybridized carbons (Fsp3) is 0.227. The summed E-state index contributed by atoms with van der Waals surface area (Å²) in [5.41, 5.74) is 2.00. The number of nitrogens with one attached hydrogen (secondary N) is 4. The summed E-state index contributed by atoms with van der Waals surface area (Å²) in [5.74, 6) is -0.275. The van der Waals surface area contributed by atoms with Gasteiger partial charge >= 0.3 is 6.09 Å². The summed E-state index contributed by atoms with van der Waals surface area (Å²) in [4.78, 5) is 53.1. The lowest BCUT2D eigenvalue weighted by molar-refractivity contribution is -0.114. The van der Waals surface area contributed by atoms with Crippen LogP contribution in [0, 0.1) is 0 Å².